The van der Waals surface area contributed by atoms with E-state index in [9.17, 15) is 13.2 Å². The van der Waals surface area contributed by atoms with Crippen molar-refractivity contribution < 1.29 is 17.9 Å². The molecule has 1 saturated heterocycles. The predicted molar refractivity (Wildman–Crippen MR) is 97.2 cm³/mol. The quantitative estimate of drug-likeness (QED) is 0.878. The molecule has 4 rings (SSSR count). The zero-order valence-electron chi connectivity index (χ0n) is 14.6. The summed E-state index contributed by atoms with van der Waals surface area (Å²) in [5.41, 5.74) is 2.80. The first kappa shape index (κ1) is 17.1. The zero-order valence-corrected chi connectivity index (χ0v) is 15.4. The Kier molecular flexibility index (Phi) is 4.22. The average Bonchev–Trinajstić information content (AvgIpc) is 3.25. The number of hydrogen-bond acceptors (Lipinski definition) is 5. The predicted octanol–water partition coefficient (Wildman–Crippen LogP) is 1.67. The number of sulfone groups is 1. The Labute approximate surface area is 152 Å². The standard InChI is InChI=1S/C18H21N3O4S/c1-12-8-17(21(20-12)15-5-7-26(23,24)11-15)19-18(22)10-13-2-3-14-4-6-25-16(14)9-13/h2-3,8-9,15H,4-7,10-11H2,1H3,(H,19,22)/t15-/m1/s1. The van der Waals surface area contributed by atoms with Gasteiger partial charge in [-0.2, -0.15) is 5.10 Å². The van der Waals surface area contributed by atoms with Crippen LogP contribution in [0.25, 0.3) is 0 Å². The second kappa shape index (κ2) is 6.42. The van der Waals surface area contributed by atoms with Crippen LogP contribution in [0.4, 0.5) is 5.82 Å². The number of benzene rings is 1. The number of aryl methyl sites for hydroxylation is 1. The van der Waals surface area contributed by atoms with E-state index >= 15 is 0 Å². The van der Waals surface area contributed by atoms with Crippen LogP contribution in [-0.2, 0) is 27.5 Å². The molecular formula is C18H21N3O4S. The molecule has 8 heteroatoms. The molecule has 0 aliphatic carbocycles. The first-order valence-electron chi connectivity index (χ1n) is 8.71. The monoisotopic (exact) mass is 375 g/mol. The maximum atomic E-state index is 12.5. The second-order valence-corrected chi connectivity index (χ2v) is 9.17. The molecule has 0 spiro atoms. The lowest BCUT2D eigenvalue weighted by Crippen LogP contribution is -2.20. The van der Waals surface area contributed by atoms with Gasteiger partial charge in [0.1, 0.15) is 11.6 Å². The van der Waals surface area contributed by atoms with Gasteiger partial charge in [-0.15, -0.1) is 0 Å². The molecular weight excluding hydrogens is 354 g/mol. The van der Waals surface area contributed by atoms with Gasteiger partial charge in [0.25, 0.3) is 0 Å². The highest BCUT2D eigenvalue weighted by Gasteiger charge is 2.31. The Morgan fingerprint density at radius 2 is 2.23 bits per heavy atom. The first-order chi connectivity index (χ1) is 12.4. The number of rotatable bonds is 4. The number of aromatic nitrogens is 2. The number of ether oxygens (including phenoxy) is 1. The molecule has 2 aliphatic rings. The summed E-state index contributed by atoms with van der Waals surface area (Å²) in [6, 6.07) is 7.40. The van der Waals surface area contributed by atoms with Crippen LogP contribution < -0.4 is 10.1 Å². The minimum absolute atomic E-state index is 0.0686. The third-order valence-corrected chi connectivity index (χ3v) is 6.56. The van der Waals surface area contributed by atoms with Crippen molar-refractivity contribution in [2.75, 3.05) is 23.4 Å². The lowest BCUT2D eigenvalue weighted by atomic mass is 10.1. The van der Waals surface area contributed by atoms with E-state index in [1.165, 1.54) is 5.56 Å². The fourth-order valence-electron chi connectivity index (χ4n) is 3.55. The van der Waals surface area contributed by atoms with Crippen molar-refractivity contribution >= 4 is 21.6 Å². The molecule has 1 atom stereocenters. The summed E-state index contributed by atoms with van der Waals surface area (Å²) in [6.07, 6.45) is 1.66. The molecule has 138 valence electrons. The summed E-state index contributed by atoms with van der Waals surface area (Å²) in [5, 5.41) is 7.26. The van der Waals surface area contributed by atoms with Crippen molar-refractivity contribution in [1.29, 1.82) is 0 Å². The van der Waals surface area contributed by atoms with Crippen LogP contribution in [-0.4, -0.2) is 42.2 Å². The molecule has 3 heterocycles. The number of carbonyl (C=O) groups excluding carboxylic acids is 1. The molecule has 26 heavy (non-hydrogen) atoms. The van der Waals surface area contributed by atoms with Crippen molar-refractivity contribution in [2.24, 2.45) is 0 Å². The van der Waals surface area contributed by atoms with Crippen LogP contribution in [0.1, 0.15) is 29.3 Å². The van der Waals surface area contributed by atoms with Gasteiger partial charge in [-0.1, -0.05) is 12.1 Å². The van der Waals surface area contributed by atoms with E-state index in [1.807, 2.05) is 25.1 Å². The summed E-state index contributed by atoms with van der Waals surface area (Å²) in [5.74, 6) is 1.47. The summed E-state index contributed by atoms with van der Waals surface area (Å²) < 4.78 is 30.7. The Hall–Kier alpha value is -2.35. The van der Waals surface area contributed by atoms with Crippen LogP contribution in [0.5, 0.6) is 5.75 Å². The van der Waals surface area contributed by atoms with Crippen molar-refractivity contribution in [3.05, 3.63) is 41.1 Å². The lowest BCUT2D eigenvalue weighted by molar-refractivity contribution is -0.115. The first-order valence-corrected chi connectivity index (χ1v) is 10.5. The molecule has 2 aliphatic heterocycles. The van der Waals surface area contributed by atoms with E-state index in [4.69, 9.17) is 4.74 Å². The normalized spacial score (nSPS) is 20.6. The molecule has 0 bridgehead atoms. The van der Waals surface area contributed by atoms with Crippen molar-refractivity contribution in [3.8, 4) is 5.75 Å². The fourth-order valence-corrected chi connectivity index (χ4v) is 5.24. The highest BCUT2D eigenvalue weighted by Crippen LogP contribution is 2.28. The van der Waals surface area contributed by atoms with Crippen LogP contribution in [0.3, 0.4) is 0 Å². The minimum Gasteiger partial charge on any atom is -0.493 e. The SMILES string of the molecule is Cc1cc(NC(=O)Cc2ccc3c(c2)OCC3)n([C@@H]2CCS(=O)(=O)C2)n1. The maximum absolute atomic E-state index is 12.5. The highest BCUT2D eigenvalue weighted by molar-refractivity contribution is 7.91. The molecule has 7 nitrogen and oxygen atoms in total. The largest absolute Gasteiger partial charge is 0.493 e. The smallest absolute Gasteiger partial charge is 0.229 e. The number of nitrogens with zero attached hydrogens (tertiary/aromatic N) is 2. The average molecular weight is 375 g/mol. The van der Waals surface area contributed by atoms with Gasteiger partial charge in [-0.05, 0) is 30.5 Å². The number of carbonyl (C=O) groups is 1. The van der Waals surface area contributed by atoms with E-state index in [1.54, 1.807) is 10.7 Å². The molecule has 1 aromatic carbocycles. The summed E-state index contributed by atoms with van der Waals surface area (Å²) >= 11 is 0. The molecule has 0 unspecified atom stereocenters. The van der Waals surface area contributed by atoms with Crippen LogP contribution in [0, 0.1) is 6.92 Å². The third-order valence-electron chi connectivity index (χ3n) is 4.80. The van der Waals surface area contributed by atoms with E-state index in [0.717, 1.165) is 23.4 Å². The Morgan fingerprint density at radius 3 is 3.00 bits per heavy atom. The second-order valence-electron chi connectivity index (χ2n) is 6.94. The molecule has 0 saturated carbocycles. The summed E-state index contributed by atoms with van der Waals surface area (Å²) in [7, 11) is -3.02. The molecule has 2 aromatic rings. The van der Waals surface area contributed by atoms with E-state index in [-0.39, 0.29) is 29.9 Å². The summed E-state index contributed by atoms with van der Waals surface area (Å²) in [4.78, 5) is 12.5. The lowest BCUT2D eigenvalue weighted by Gasteiger charge is -2.14. The fraction of sp³-hybridized carbons (Fsp3) is 0.444. The minimum atomic E-state index is -3.02. The topological polar surface area (TPSA) is 90.3 Å². The van der Waals surface area contributed by atoms with Gasteiger partial charge in [-0.25, -0.2) is 13.1 Å². The highest BCUT2D eigenvalue weighted by atomic mass is 32.2. The van der Waals surface area contributed by atoms with Gasteiger partial charge in [0.15, 0.2) is 9.84 Å². The van der Waals surface area contributed by atoms with E-state index in [2.05, 4.69) is 10.4 Å². The summed E-state index contributed by atoms with van der Waals surface area (Å²) in [6.45, 7) is 2.52. The van der Waals surface area contributed by atoms with Crippen LogP contribution >= 0.6 is 0 Å². The zero-order chi connectivity index (χ0) is 18.3. The molecule has 1 amide bonds. The van der Waals surface area contributed by atoms with E-state index in [0.29, 0.717) is 18.8 Å². The number of nitrogens with one attached hydrogen (secondary N) is 1. The van der Waals surface area contributed by atoms with Crippen molar-refractivity contribution in [3.63, 3.8) is 0 Å². The number of amides is 1. The van der Waals surface area contributed by atoms with Gasteiger partial charge in [0.05, 0.1) is 36.3 Å². The Balaban J connectivity index is 1.48. The van der Waals surface area contributed by atoms with Gasteiger partial charge in [0, 0.05) is 12.5 Å². The van der Waals surface area contributed by atoms with Gasteiger partial charge < -0.3 is 10.1 Å². The van der Waals surface area contributed by atoms with Gasteiger partial charge in [-0.3, -0.25) is 4.79 Å². The number of fused-ring (bicyclic) bond motifs is 1. The van der Waals surface area contributed by atoms with Crippen LogP contribution in [0.2, 0.25) is 0 Å². The van der Waals surface area contributed by atoms with E-state index < -0.39 is 9.84 Å². The van der Waals surface area contributed by atoms with Gasteiger partial charge in [0.2, 0.25) is 5.91 Å². The molecule has 1 fully saturated rings. The number of hydrogen-bond donors (Lipinski definition) is 1. The molecule has 0 radical (unpaired) electrons. The van der Waals surface area contributed by atoms with Crippen LogP contribution in [0.15, 0.2) is 24.3 Å². The number of anilines is 1. The Bertz CT molecular complexity index is 965. The molecule has 1 N–H and O–H groups in total. The van der Waals surface area contributed by atoms with Gasteiger partial charge >= 0.3 is 0 Å². The maximum Gasteiger partial charge on any atom is 0.229 e. The van der Waals surface area contributed by atoms with Crippen molar-refractivity contribution in [2.45, 2.75) is 32.2 Å². The molecule has 1 aromatic heterocycles. The third kappa shape index (κ3) is 3.46. The Morgan fingerprint density at radius 1 is 1.38 bits per heavy atom. The van der Waals surface area contributed by atoms with Crippen molar-refractivity contribution in [1.82, 2.24) is 9.78 Å².